The molecule has 108 valence electrons. The number of anilines is 2. The van der Waals surface area contributed by atoms with Crippen molar-refractivity contribution in [3.05, 3.63) is 42.9 Å². The predicted molar refractivity (Wildman–Crippen MR) is 77.4 cm³/mol. The Balaban J connectivity index is 1.73. The number of aromatic nitrogens is 5. The van der Waals surface area contributed by atoms with Gasteiger partial charge in [-0.25, -0.2) is 4.98 Å². The second kappa shape index (κ2) is 6.04. The molecule has 0 spiro atoms. The summed E-state index contributed by atoms with van der Waals surface area (Å²) in [6, 6.07) is 3.81. The molecule has 8 nitrogen and oxygen atoms in total. The van der Waals surface area contributed by atoms with E-state index in [1.165, 1.54) is 0 Å². The van der Waals surface area contributed by atoms with E-state index in [9.17, 15) is 0 Å². The lowest BCUT2D eigenvalue weighted by atomic mass is 10.3. The molecule has 3 heterocycles. The summed E-state index contributed by atoms with van der Waals surface area (Å²) >= 11 is 0. The molecule has 0 unspecified atom stereocenters. The smallest absolute Gasteiger partial charge is 0.241 e. The van der Waals surface area contributed by atoms with E-state index < -0.39 is 0 Å². The molecular formula is C13H15N7O. The molecule has 0 saturated heterocycles. The van der Waals surface area contributed by atoms with Gasteiger partial charge in [-0.1, -0.05) is 0 Å². The van der Waals surface area contributed by atoms with Crippen LogP contribution in [-0.4, -0.2) is 38.1 Å². The van der Waals surface area contributed by atoms with Crippen molar-refractivity contribution in [1.82, 2.24) is 24.5 Å². The lowest BCUT2D eigenvalue weighted by Gasteiger charge is -2.08. The first kappa shape index (κ1) is 13.1. The molecule has 0 aromatic carbocycles. The summed E-state index contributed by atoms with van der Waals surface area (Å²) in [6.45, 7) is 0.671. The van der Waals surface area contributed by atoms with Gasteiger partial charge in [-0.15, -0.1) is 0 Å². The van der Waals surface area contributed by atoms with Crippen molar-refractivity contribution >= 4 is 11.9 Å². The number of imidazole rings is 1. The van der Waals surface area contributed by atoms with Gasteiger partial charge in [-0.05, 0) is 12.1 Å². The van der Waals surface area contributed by atoms with Gasteiger partial charge in [0.1, 0.15) is 12.1 Å². The fourth-order valence-electron chi connectivity index (χ4n) is 1.80. The Hall–Kier alpha value is -2.90. The largest absolute Gasteiger partial charge is 0.469 e. The molecule has 0 bridgehead atoms. The molecule has 3 aromatic heterocycles. The average Bonchev–Trinajstić information content (AvgIpc) is 3.20. The highest BCUT2D eigenvalue weighted by Gasteiger charge is 2.07. The van der Waals surface area contributed by atoms with Gasteiger partial charge in [-0.2, -0.15) is 15.0 Å². The molecule has 0 radical (unpaired) electrons. The second-order valence-electron chi connectivity index (χ2n) is 4.26. The van der Waals surface area contributed by atoms with Crippen molar-refractivity contribution < 1.29 is 4.42 Å². The molecular weight excluding hydrogens is 270 g/mol. The topological polar surface area (TPSA) is 93.7 Å². The van der Waals surface area contributed by atoms with Gasteiger partial charge in [0, 0.05) is 32.4 Å². The zero-order valence-electron chi connectivity index (χ0n) is 11.5. The summed E-state index contributed by atoms with van der Waals surface area (Å²) < 4.78 is 7.00. The van der Waals surface area contributed by atoms with Crippen molar-refractivity contribution in [1.29, 1.82) is 0 Å². The Labute approximate surface area is 121 Å². The molecule has 0 amide bonds. The molecule has 21 heavy (non-hydrogen) atoms. The van der Waals surface area contributed by atoms with Gasteiger partial charge in [0.15, 0.2) is 0 Å². The Kier molecular flexibility index (Phi) is 3.77. The lowest BCUT2D eigenvalue weighted by molar-refractivity contribution is 0.512. The number of hydrogen-bond donors (Lipinski definition) is 2. The van der Waals surface area contributed by atoms with Crippen LogP contribution in [0.15, 0.2) is 41.5 Å². The van der Waals surface area contributed by atoms with Crippen LogP contribution >= 0.6 is 0 Å². The highest BCUT2D eigenvalue weighted by atomic mass is 16.3. The predicted octanol–water partition coefficient (Wildman–Crippen LogP) is 1.35. The summed E-state index contributed by atoms with van der Waals surface area (Å²) in [5.74, 6) is 2.42. The minimum Gasteiger partial charge on any atom is -0.469 e. The normalized spacial score (nSPS) is 10.5. The maximum Gasteiger partial charge on any atom is 0.241 e. The third-order valence-corrected chi connectivity index (χ3v) is 2.82. The Morgan fingerprint density at radius 2 is 2.14 bits per heavy atom. The number of hydrogen-bond acceptors (Lipinski definition) is 7. The van der Waals surface area contributed by atoms with Crippen LogP contribution in [0, 0.1) is 0 Å². The molecule has 8 heteroatoms. The molecule has 0 aliphatic rings. The van der Waals surface area contributed by atoms with Crippen molar-refractivity contribution in [2.24, 2.45) is 0 Å². The fourth-order valence-corrected chi connectivity index (χ4v) is 1.80. The molecule has 3 aromatic rings. The van der Waals surface area contributed by atoms with E-state index in [2.05, 4.69) is 30.6 Å². The Morgan fingerprint density at radius 1 is 1.24 bits per heavy atom. The van der Waals surface area contributed by atoms with E-state index in [-0.39, 0.29) is 0 Å². The van der Waals surface area contributed by atoms with Crippen LogP contribution in [0.4, 0.5) is 11.9 Å². The Bertz CT molecular complexity index is 679. The third kappa shape index (κ3) is 3.16. The van der Waals surface area contributed by atoms with E-state index in [0.717, 1.165) is 12.2 Å². The van der Waals surface area contributed by atoms with Crippen LogP contribution in [0.3, 0.4) is 0 Å². The monoisotopic (exact) mass is 285 g/mol. The molecule has 0 aliphatic heterocycles. The average molecular weight is 285 g/mol. The summed E-state index contributed by atoms with van der Waals surface area (Å²) in [6.07, 6.45) is 7.51. The summed E-state index contributed by atoms with van der Waals surface area (Å²) in [4.78, 5) is 16.9. The van der Waals surface area contributed by atoms with Crippen LogP contribution in [0.5, 0.6) is 0 Å². The fraction of sp³-hybridized carbons (Fsp3) is 0.231. The van der Waals surface area contributed by atoms with E-state index >= 15 is 0 Å². The van der Waals surface area contributed by atoms with Gasteiger partial charge < -0.3 is 15.1 Å². The van der Waals surface area contributed by atoms with E-state index in [1.807, 2.05) is 12.1 Å². The summed E-state index contributed by atoms with van der Waals surface area (Å²) in [5, 5.41) is 6.08. The van der Waals surface area contributed by atoms with Gasteiger partial charge in [-0.3, -0.25) is 4.57 Å². The molecule has 0 aliphatic carbocycles. The minimum atomic E-state index is 0.495. The first-order chi connectivity index (χ1) is 10.3. The first-order valence-corrected chi connectivity index (χ1v) is 6.53. The standard InChI is InChI=1S/C13H15N7O/c1-14-11-17-12(16-5-4-10-3-2-8-21-10)19-13(18-11)20-7-6-15-9-20/h2-3,6-9H,4-5H2,1H3,(H2,14,16,17,18,19). The third-order valence-electron chi connectivity index (χ3n) is 2.82. The maximum atomic E-state index is 5.28. The van der Waals surface area contributed by atoms with Gasteiger partial charge in [0.05, 0.1) is 6.26 Å². The quantitative estimate of drug-likeness (QED) is 0.706. The minimum absolute atomic E-state index is 0.495. The van der Waals surface area contributed by atoms with E-state index in [1.54, 1.807) is 36.6 Å². The lowest BCUT2D eigenvalue weighted by Crippen LogP contribution is -2.12. The summed E-state index contributed by atoms with van der Waals surface area (Å²) in [7, 11) is 1.76. The van der Waals surface area contributed by atoms with Gasteiger partial charge >= 0.3 is 0 Å². The molecule has 0 atom stereocenters. The molecule has 0 saturated carbocycles. The SMILES string of the molecule is CNc1nc(NCCc2ccco2)nc(-n2ccnc2)n1. The zero-order chi connectivity index (χ0) is 14.5. The van der Waals surface area contributed by atoms with Crippen molar-refractivity contribution in [3.63, 3.8) is 0 Å². The van der Waals surface area contributed by atoms with E-state index in [0.29, 0.717) is 24.4 Å². The van der Waals surface area contributed by atoms with Crippen LogP contribution in [0.25, 0.3) is 5.95 Å². The molecule has 3 rings (SSSR count). The van der Waals surface area contributed by atoms with Gasteiger partial charge in [0.2, 0.25) is 17.8 Å². The number of rotatable bonds is 6. The second-order valence-corrected chi connectivity index (χ2v) is 4.26. The van der Waals surface area contributed by atoms with Crippen molar-refractivity contribution in [2.45, 2.75) is 6.42 Å². The Morgan fingerprint density at radius 3 is 2.86 bits per heavy atom. The van der Waals surface area contributed by atoms with Crippen LogP contribution in [0.1, 0.15) is 5.76 Å². The highest BCUT2D eigenvalue weighted by molar-refractivity contribution is 5.37. The molecule has 0 fully saturated rings. The number of nitrogens with zero attached hydrogens (tertiary/aromatic N) is 5. The maximum absolute atomic E-state index is 5.28. The highest BCUT2D eigenvalue weighted by Crippen LogP contribution is 2.09. The van der Waals surface area contributed by atoms with Crippen molar-refractivity contribution in [3.8, 4) is 5.95 Å². The van der Waals surface area contributed by atoms with Crippen LogP contribution < -0.4 is 10.6 Å². The van der Waals surface area contributed by atoms with Gasteiger partial charge in [0.25, 0.3) is 0 Å². The van der Waals surface area contributed by atoms with Crippen LogP contribution in [0.2, 0.25) is 0 Å². The number of furan rings is 1. The van der Waals surface area contributed by atoms with E-state index in [4.69, 9.17) is 4.42 Å². The van der Waals surface area contributed by atoms with Crippen LogP contribution in [-0.2, 0) is 6.42 Å². The molecule has 2 N–H and O–H groups in total. The summed E-state index contributed by atoms with van der Waals surface area (Å²) in [5.41, 5.74) is 0. The van der Waals surface area contributed by atoms with Crippen molar-refractivity contribution in [2.75, 3.05) is 24.2 Å². The number of nitrogens with one attached hydrogen (secondary N) is 2. The first-order valence-electron chi connectivity index (χ1n) is 6.53. The zero-order valence-corrected chi connectivity index (χ0v) is 11.5.